The number of hydrogen-bond acceptors (Lipinski definition) is 4. The second kappa shape index (κ2) is 7.98. The van der Waals surface area contributed by atoms with E-state index in [0.29, 0.717) is 27.8 Å². The van der Waals surface area contributed by atoms with Gasteiger partial charge in [0.15, 0.2) is 5.76 Å². The average molecular weight is 382 g/mol. The second-order valence-corrected chi connectivity index (χ2v) is 6.42. The van der Waals surface area contributed by atoms with Crippen LogP contribution in [-0.2, 0) is 4.79 Å². The van der Waals surface area contributed by atoms with Gasteiger partial charge in [-0.3, -0.25) is 4.79 Å². The maximum Gasteiger partial charge on any atom is 0.335 e. The summed E-state index contributed by atoms with van der Waals surface area (Å²) in [5.41, 5.74) is 2.42. The number of ketones is 1. The molecule has 1 heterocycles. The van der Waals surface area contributed by atoms with E-state index in [1.54, 1.807) is 43.3 Å². The fourth-order valence-electron chi connectivity index (χ4n) is 3.24. The lowest BCUT2D eigenvalue weighted by atomic mass is 9.97. The van der Waals surface area contributed by atoms with E-state index >= 15 is 0 Å². The number of benzene rings is 3. The molecule has 0 saturated heterocycles. The van der Waals surface area contributed by atoms with Crippen molar-refractivity contribution in [2.75, 3.05) is 0 Å². The molecule has 1 aromatic heterocycles. The predicted octanol–water partition coefficient (Wildman–Crippen LogP) is 5.81. The highest BCUT2D eigenvalue weighted by Crippen LogP contribution is 2.41. The molecule has 0 amide bonds. The van der Waals surface area contributed by atoms with Crippen LogP contribution in [0.2, 0.25) is 0 Å². The molecule has 0 atom stereocenters. The van der Waals surface area contributed by atoms with E-state index < -0.39 is 5.97 Å². The molecule has 0 fully saturated rings. The van der Waals surface area contributed by atoms with E-state index in [2.05, 4.69) is 0 Å². The fourth-order valence-corrected chi connectivity index (χ4v) is 3.24. The van der Waals surface area contributed by atoms with E-state index in [9.17, 15) is 9.59 Å². The molecule has 4 aromatic rings. The van der Waals surface area contributed by atoms with Crippen molar-refractivity contribution in [2.45, 2.75) is 6.92 Å². The lowest BCUT2D eigenvalue weighted by molar-refractivity contribution is -0.128. The summed E-state index contributed by atoms with van der Waals surface area (Å²) in [6.45, 7) is 1.74. The smallest absolute Gasteiger partial charge is 0.335 e. The van der Waals surface area contributed by atoms with E-state index in [4.69, 9.17) is 9.15 Å². The van der Waals surface area contributed by atoms with Crippen LogP contribution >= 0.6 is 0 Å². The Labute approximate surface area is 168 Å². The number of hydrogen-bond donors (Lipinski definition) is 0. The minimum Gasteiger partial charge on any atom is -0.452 e. The van der Waals surface area contributed by atoms with Crippen molar-refractivity contribution in [3.05, 3.63) is 102 Å². The molecule has 0 radical (unpaired) electrons. The molecule has 0 N–H and O–H groups in total. The third-order valence-corrected chi connectivity index (χ3v) is 4.50. The highest BCUT2D eigenvalue weighted by atomic mass is 16.5. The van der Waals surface area contributed by atoms with Crippen molar-refractivity contribution in [3.63, 3.8) is 0 Å². The van der Waals surface area contributed by atoms with Gasteiger partial charge in [-0.25, -0.2) is 4.79 Å². The van der Waals surface area contributed by atoms with Crippen LogP contribution in [0.3, 0.4) is 0 Å². The van der Waals surface area contributed by atoms with Gasteiger partial charge >= 0.3 is 5.97 Å². The number of rotatable bonds is 5. The number of carbonyl (C=O) groups is 2. The van der Waals surface area contributed by atoms with Gasteiger partial charge in [-0.15, -0.1) is 0 Å². The summed E-state index contributed by atoms with van der Waals surface area (Å²) in [7, 11) is 0. The molecule has 4 nitrogen and oxygen atoms in total. The Morgan fingerprint density at radius 1 is 0.862 bits per heavy atom. The molecule has 3 aromatic carbocycles. The standard InChI is InChI=1S/C25H18O4/c1-2-10-21(26)28-19-15-9-16-20-23(19)22(17-11-5-3-6-12-17)25(29-20)24(27)18-13-7-4-8-14-18/h2-16H,1H3/b10-2+. The SMILES string of the molecule is C/C=C/C(=O)Oc1cccc2oc(C(=O)c3ccccc3)c(-c3ccccc3)c12. The fraction of sp³-hybridized carbons (Fsp3) is 0.0400. The first-order chi connectivity index (χ1) is 14.2. The first-order valence-electron chi connectivity index (χ1n) is 9.24. The number of carbonyl (C=O) groups excluding carboxylic acids is 2. The van der Waals surface area contributed by atoms with Crippen LogP contribution < -0.4 is 4.74 Å². The van der Waals surface area contributed by atoms with Gasteiger partial charge in [0, 0.05) is 17.2 Å². The zero-order chi connectivity index (χ0) is 20.2. The minimum absolute atomic E-state index is 0.215. The van der Waals surface area contributed by atoms with Gasteiger partial charge in [0.1, 0.15) is 11.3 Å². The van der Waals surface area contributed by atoms with Gasteiger partial charge in [0.25, 0.3) is 0 Å². The third kappa shape index (κ3) is 3.60. The molecule has 4 heteroatoms. The molecule has 142 valence electrons. The van der Waals surface area contributed by atoms with Crippen LogP contribution in [0.4, 0.5) is 0 Å². The van der Waals surface area contributed by atoms with Crippen LogP contribution in [0.25, 0.3) is 22.1 Å². The number of esters is 1. The lowest BCUT2D eigenvalue weighted by Crippen LogP contribution is -2.04. The van der Waals surface area contributed by atoms with Crippen molar-refractivity contribution >= 4 is 22.7 Å². The lowest BCUT2D eigenvalue weighted by Gasteiger charge is -2.07. The van der Waals surface area contributed by atoms with Crippen molar-refractivity contribution in [1.82, 2.24) is 0 Å². The Morgan fingerprint density at radius 3 is 2.24 bits per heavy atom. The van der Waals surface area contributed by atoms with Gasteiger partial charge in [0.05, 0.1) is 5.39 Å². The summed E-state index contributed by atoms with van der Waals surface area (Å²) in [6, 6.07) is 23.6. The number of allylic oxidation sites excluding steroid dienone is 1. The van der Waals surface area contributed by atoms with Crippen molar-refractivity contribution < 1.29 is 18.7 Å². The summed E-state index contributed by atoms with van der Waals surface area (Å²) in [5, 5.41) is 0.593. The Balaban J connectivity index is 1.97. The molecular formula is C25H18O4. The number of furan rings is 1. The quantitative estimate of drug-likeness (QED) is 0.189. The van der Waals surface area contributed by atoms with Crippen LogP contribution in [0, 0.1) is 0 Å². The van der Waals surface area contributed by atoms with Crippen LogP contribution in [0.15, 0.2) is 95.4 Å². The van der Waals surface area contributed by atoms with Gasteiger partial charge in [-0.2, -0.15) is 0 Å². The molecule has 0 aliphatic carbocycles. The number of ether oxygens (including phenoxy) is 1. The molecule has 0 bridgehead atoms. The third-order valence-electron chi connectivity index (χ3n) is 4.50. The monoisotopic (exact) mass is 382 g/mol. The molecule has 0 saturated carbocycles. The summed E-state index contributed by atoms with van der Waals surface area (Å²) in [5.74, 6) is -0.158. The molecule has 0 aliphatic heterocycles. The Kier molecular flexibility index (Phi) is 5.08. The van der Waals surface area contributed by atoms with Gasteiger partial charge in [0.2, 0.25) is 5.78 Å². The maximum atomic E-state index is 13.2. The molecule has 0 unspecified atom stereocenters. The highest BCUT2D eigenvalue weighted by Gasteiger charge is 2.25. The average Bonchev–Trinajstić information content (AvgIpc) is 3.15. The first kappa shape index (κ1) is 18.4. The van der Waals surface area contributed by atoms with Gasteiger partial charge < -0.3 is 9.15 Å². The topological polar surface area (TPSA) is 56.5 Å². The predicted molar refractivity (Wildman–Crippen MR) is 112 cm³/mol. The zero-order valence-corrected chi connectivity index (χ0v) is 15.8. The van der Waals surface area contributed by atoms with Crippen molar-refractivity contribution in [1.29, 1.82) is 0 Å². The second-order valence-electron chi connectivity index (χ2n) is 6.42. The van der Waals surface area contributed by atoms with E-state index in [1.807, 2.05) is 48.5 Å². The normalized spacial score (nSPS) is 11.1. The first-order valence-corrected chi connectivity index (χ1v) is 9.24. The van der Waals surface area contributed by atoms with Crippen molar-refractivity contribution in [3.8, 4) is 16.9 Å². The Morgan fingerprint density at radius 2 is 1.55 bits per heavy atom. The summed E-state index contributed by atoms with van der Waals surface area (Å²) in [4.78, 5) is 25.3. The van der Waals surface area contributed by atoms with Gasteiger partial charge in [-0.1, -0.05) is 72.8 Å². The number of fused-ring (bicyclic) bond motifs is 1. The van der Waals surface area contributed by atoms with Crippen LogP contribution in [-0.4, -0.2) is 11.8 Å². The van der Waals surface area contributed by atoms with Crippen LogP contribution in [0.5, 0.6) is 5.75 Å². The zero-order valence-electron chi connectivity index (χ0n) is 15.8. The molecule has 4 rings (SSSR count). The molecule has 0 aliphatic rings. The Hall–Kier alpha value is -3.92. The van der Waals surface area contributed by atoms with E-state index in [1.165, 1.54) is 6.08 Å². The maximum absolute atomic E-state index is 13.2. The van der Waals surface area contributed by atoms with E-state index in [0.717, 1.165) is 5.56 Å². The minimum atomic E-state index is -0.490. The largest absolute Gasteiger partial charge is 0.452 e. The summed E-state index contributed by atoms with van der Waals surface area (Å²) >= 11 is 0. The summed E-state index contributed by atoms with van der Waals surface area (Å²) < 4.78 is 11.5. The molecule has 29 heavy (non-hydrogen) atoms. The van der Waals surface area contributed by atoms with E-state index in [-0.39, 0.29) is 11.5 Å². The Bertz CT molecular complexity index is 1200. The summed E-state index contributed by atoms with van der Waals surface area (Å²) in [6.07, 6.45) is 2.96. The van der Waals surface area contributed by atoms with Crippen LogP contribution in [0.1, 0.15) is 23.0 Å². The van der Waals surface area contributed by atoms with Crippen molar-refractivity contribution in [2.24, 2.45) is 0 Å². The highest BCUT2D eigenvalue weighted by molar-refractivity contribution is 6.16. The van der Waals surface area contributed by atoms with Gasteiger partial charge in [-0.05, 0) is 24.6 Å². The molecular weight excluding hydrogens is 364 g/mol. The molecule has 0 spiro atoms.